The zero-order valence-corrected chi connectivity index (χ0v) is 11.6. The van der Waals surface area contributed by atoms with Crippen molar-refractivity contribution in [3.05, 3.63) is 30.6 Å². The molecule has 2 aromatic rings. The smallest absolute Gasteiger partial charge is 0.0960 e. The fourth-order valence-corrected chi connectivity index (χ4v) is 2.26. The third-order valence-electron chi connectivity index (χ3n) is 3.31. The molecule has 0 fully saturated rings. The van der Waals surface area contributed by atoms with Crippen molar-refractivity contribution in [2.45, 2.75) is 45.7 Å². The minimum Gasteiger partial charge on any atom is -0.328 e. The van der Waals surface area contributed by atoms with Gasteiger partial charge < -0.3 is 9.88 Å². The summed E-state index contributed by atoms with van der Waals surface area (Å²) >= 11 is 0. The number of nitrogens with one attached hydrogen (secondary N) is 1. The average molecular weight is 245 g/mol. The standard InChI is InChI=1S/C15H23N3/c1-12(2)16-10-6-7-13(3)18-11-17-14-8-4-5-9-15(14)18/h4-5,8-9,11-13,16H,6-7,10H2,1-3H3. The lowest BCUT2D eigenvalue weighted by molar-refractivity contribution is 0.472. The molecule has 0 amide bonds. The molecular weight excluding hydrogens is 222 g/mol. The predicted molar refractivity (Wildman–Crippen MR) is 76.8 cm³/mol. The first-order chi connectivity index (χ1) is 8.68. The molecular formula is C15H23N3. The molecule has 1 N–H and O–H groups in total. The predicted octanol–water partition coefficient (Wildman–Crippen LogP) is 3.38. The topological polar surface area (TPSA) is 29.9 Å². The van der Waals surface area contributed by atoms with Gasteiger partial charge in [0.05, 0.1) is 17.4 Å². The van der Waals surface area contributed by atoms with Crippen LogP contribution in [-0.2, 0) is 0 Å². The highest BCUT2D eigenvalue weighted by molar-refractivity contribution is 5.75. The van der Waals surface area contributed by atoms with Gasteiger partial charge in [-0.3, -0.25) is 0 Å². The summed E-state index contributed by atoms with van der Waals surface area (Å²) in [7, 11) is 0. The molecule has 0 radical (unpaired) electrons. The van der Waals surface area contributed by atoms with Crippen molar-refractivity contribution in [3.63, 3.8) is 0 Å². The maximum atomic E-state index is 4.44. The summed E-state index contributed by atoms with van der Waals surface area (Å²) in [6, 6.07) is 9.41. The molecule has 0 aliphatic rings. The number of rotatable bonds is 6. The van der Waals surface area contributed by atoms with Crippen molar-refractivity contribution in [2.24, 2.45) is 0 Å². The molecule has 18 heavy (non-hydrogen) atoms. The number of benzene rings is 1. The molecule has 98 valence electrons. The maximum Gasteiger partial charge on any atom is 0.0960 e. The van der Waals surface area contributed by atoms with Crippen LogP contribution in [0.5, 0.6) is 0 Å². The Hall–Kier alpha value is -1.35. The molecule has 1 heterocycles. The summed E-state index contributed by atoms with van der Waals surface area (Å²) in [5, 5.41) is 3.46. The van der Waals surface area contributed by atoms with Crippen LogP contribution in [0.4, 0.5) is 0 Å². The van der Waals surface area contributed by atoms with Crippen molar-refractivity contribution in [3.8, 4) is 0 Å². The normalized spacial score (nSPS) is 13.3. The molecule has 1 unspecified atom stereocenters. The molecule has 0 bridgehead atoms. The van der Waals surface area contributed by atoms with E-state index < -0.39 is 0 Å². The second-order valence-electron chi connectivity index (χ2n) is 5.24. The summed E-state index contributed by atoms with van der Waals surface area (Å²) in [6.07, 6.45) is 4.34. The number of nitrogens with zero attached hydrogens (tertiary/aromatic N) is 2. The van der Waals surface area contributed by atoms with Gasteiger partial charge in [0.1, 0.15) is 0 Å². The van der Waals surface area contributed by atoms with E-state index in [-0.39, 0.29) is 0 Å². The fourth-order valence-electron chi connectivity index (χ4n) is 2.26. The van der Waals surface area contributed by atoms with Gasteiger partial charge in [-0.25, -0.2) is 4.98 Å². The van der Waals surface area contributed by atoms with Crippen molar-refractivity contribution in [2.75, 3.05) is 6.54 Å². The van der Waals surface area contributed by atoms with Crippen molar-refractivity contribution in [1.29, 1.82) is 0 Å². The van der Waals surface area contributed by atoms with Gasteiger partial charge in [-0.2, -0.15) is 0 Å². The zero-order chi connectivity index (χ0) is 13.0. The van der Waals surface area contributed by atoms with Gasteiger partial charge in [0.2, 0.25) is 0 Å². The van der Waals surface area contributed by atoms with Gasteiger partial charge in [-0.05, 0) is 38.4 Å². The van der Waals surface area contributed by atoms with E-state index in [1.165, 1.54) is 18.4 Å². The SMILES string of the molecule is CC(C)NCCCC(C)n1cnc2ccccc21. The van der Waals surface area contributed by atoms with Gasteiger partial charge in [-0.1, -0.05) is 26.0 Å². The molecule has 3 nitrogen and oxygen atoms in total. The number of fused-ring (bicyclic) bond motifs is 1. The molecule has 0 saturated carbocycles. The van der Waals surface area contributed by atoms with E-state index in [4.69, 9.17) is 0 Å². The van der Waals surface area contributed by atoms with E-state index in [1.807, 2.05) is 12.4 Å². The first-order valence-corrected chi connectivity index (χ1v) is 6.83. The Balaban J connectivity index is 1.94. The molecule has 0 aliphatic heterocycles. The van der Waals surface area contributed by atoms with Crippen LogP contribution in [0.2, 0.25) is 0 Å². The summed E-state index contributed by atoms with van der Waals surface area (Å²) in [6.45, 7) is 7.73. The average Bonchev–Trinajstić information content (AvgIpc) is 2.78. The van der Waals surface area contributed by atoms with E-state index in [0.29, 0.717) is 12.1 Å². The van der Waals surface area contributed by atoms with Crippen molar-refractivity contribution in [1.82, 2.24) is 14.9 Å². The number of hydrogen-bond donors (Lipinski definition) is 1. The summed E-state index contributed by atoms with van der Waals surface area (Å²) < 4.78 is 2.28. The van der Waals surface area contributed by atoms with E-state index in [9.17, 15) is 0 Å². The van der Waals surface area contributed by atoms with E-state index in [1.54, 1.807) is 0 Å². The quantitative estimate of drug-likeness (QED) is 0.791. The Bertz CT molecular complexity index is 487. The molecule has 1 atom stereocenters. The number of para-hydroxylation sites is 2. The molecule has 3 heteroatoms. The van der Waals surface area contributed by atoms with E-state index >= 15 is 0 Å². The maximum absolute atomic E-state index is 4.44. The lowest BCUT2D eigenvalue weighted by atomic mass is 10.1. The molecule has 1 aromatic carbocycles. The van der Waals surface area contributed by atoms with Gasteiger partial charge in [0.15, 0.2) is 0 Å². The highest BCUT2D eigenvalue weighted by Crippen LogP contribution is 2.20. The van der Waals surface area contributed by atoms with Gasteiger partial charge >= 0.3 is 0 Å². The fraction of sp³-hybridized carbons (Fsp3) is 0.533. The van der Waals surface area contributed by atoms with Crippen LogP contribution in [0.15, 0.2) is 30.6 Å². The van der Waals surface area contributed by atoms with Crippen LogP contribution < -0.4 is 5.32 Å². The minimum absolute atomic E-state index is 0.506. The minimum atomic E-state index is 0.506. The highest BCUT2D eigenvalue weighted by atomic mass is 15.1. The lowest BCUT2D eigenvalue weighted by Gasteiger charge is -2.15. The second-order valence-corrected chi connectivity index (χ2v) is 5.24. The van der Waals surface area contributed by atoms with E-state index in [0.717, 1.165) is 12.1 Å². The molecule has 0 spiro atoms. The summed E-state index contributed by atoms with van der Waals surface area (Å²) in [4.78, 5) is 4.44. The Labute approximate surface area is 109 Å². The molecule has 0 aliphatic carbocycles. The first-order valence-electron chi connectivity index (χ1n) is 6.83. The summed E-state index contributed by atoms with van der Waals surface area (Å²) in [5.41, 5.74) is 2.33. The third kappa shape index (κ3) is 3.10. The molecule has 2 rings (SSSR count). The number of aromatic nitrogens is 2. The third-order valence-corrected chi connectivity index (χ3v) is 3.31. The first kappa shape index (κ1) is 13.1. The van der Waals surface area contributed by atoms with Crippen LogP contribution >= 0.6 is 0 Å². The van der Waals surface area contributed by atoms with Crippen LogP contribution in [0.1, 0.15) is 39.7 Å². The van der Waals surface area contributed by atoms with Gasteiger partial charge in [0.25, 0.3) is 0 Å². The number of hydrogen-bond acceptors (Lipinski definition) is 2. The summed E-state index contributed by atoms with van der Waals surface area (Å²) in [5.74, 6) is 0. The highest BCUT2D eigenvalue weighted by Gasteiger charge is 2.08. The molecule has 0 saturated heterocycles. The van der Waals surface area contributed by atoms with Crippen LogP contribution in [0.25, 0.3) is 11.0 Å². The van der Waals surface area contributed by atoms with Crippen molar-refractivity contribution < 1.29 is 0 Å². The van der Waals surface area contributed by atoms with E-state index in [2.05, 4.69) is 53.8 Å². The Morgan fingerprint density at radius 2 is 2.00 bits per heavy atom. The Morgan fingerprint density at radius 3 is 2.78 bits per heavy atom. The lowest BCUT2D eigenvalue weighted by Crippen LogP contribution is -2.24. The van der Waals surface area contributed by atoms with Gasteiger partial charge in [-0.15, -0.1) is 0 Å². The van der Waals surface area contributed by atoms with Gasteiger partial charge in [0, 0.05) is 12.1 Å². The Kier molecular flexibility index (Phi) is 4.37. The largest absolute Gasteiger partial charge is 0.328 e. The second kappa shape index (κ2) is 6.01. The Morgan fingerprint density at radius 1 is 1.22 bits per heavy atom. The monoisotopic (exact) mass is 245 g/mol. The van der Waals surface area contributed by atoms with Crippen LogP contribution in [0.3, 0.4) is 0 Å². The van der Waals surface area contributed by atoms with Crippen molar-refractivity contribution >= 4 is 11.0 Å². The zero-order valence-electron chi connectivity index (χ0n) is 11.6. The molecule has 1 aromatic heterocycles. The van der Waals surface area contributed by atoms with Crippen LogP contribution in [0, 0.1) is 0 Å². The number of imidazole rings is 1. The van der Waals surface area contributed by atoms with Crippen LogP contribution in [-0.4, -0.2) is 22.1 Å².